The lowest BCUT2D eigenvalue weighted by atomic mass is 9.77. The van der Waals surface area contributed by atoms with Crippen LogP contribution in [0, 0.1) is 18.6 Å². The van der Waals surface area contributed by atoms with E-state index in [-0.39, 0.29) is 17.6 Å². The summed E-state index contributed by atoms with van der Waals surface area (Å²) >= 11 is 0. The third-order valence-corrected chi connectivity index (χ3v) is 2.03. The van der Waals surface area contributed by atoms with E-state index in [4.69, 9.17) is 14.8 Å². The van der Waals surface area contributed by atoms with E-state index >= 15 is 0 Å². The zero-order valence-corrected chi connectivity index (χ0v) is 8.42. The molecule has 0 aromatic heterocycles. The van der Waals surface area contributed by atoms with Crippen molar-refractivity contribution in [2.45, 2.75) is 13.8 Å². The molecular formula is C9H11BF2O3. The first-order valence-corrected chi connectivity index (χ1v) is 4.46. The molecule has 2 N–H and O–H groups in total. The van der Waals surface area contributed by atoms with E-state index in [1.807, 2.05) is 0 Å². The van der Waals surface area contributed by atoms with Gasteiger partial charge < -0.3 is 14.8 Å². The molecule has 0 heterocycles. The van der Waals surface area contributed by atoms with Gasteiger partial charge in [0.2, 0.25) is 0 Å². The third kappa shape index (κ3) is 2.27. The maximum atomic E-state index is 13.5. The largest absolute Gasteiger partial charge is 0.488 e. The van der Waals surface area contributed by atoms with Crippen LogP contribution in [0.2, 0.25) is 0 Å². The first kappa shape index (κ1) is 11.9. The van der Waals surface area contributed by atoms with Crippen molar-refractivity contribution < 1.29 is 23.6 Å². The Kier molecular flexibility index (Phi) is 3.65. The molecule has 0 fully saturated rings. The van der Waals surface area contributed by atoms with Crippen LogP contribution in [0.1, 0.15) is 12.5 Å². The standard InChI is InChI=1S/C9H11BF2O3/c1-3-15-9-7(11)4-6(10(13)14)5(2)8(9)12/h4,13-14H,3H2,1-2H3. The summed E-state index contributed by atoms with van der Waals surface area (Å²) < 4.78 is 31.5. The minimum absolute atomic E-state index is 0.0325. The van der Waals surface area contributed by atoms with Gasteiger partial charge in [0.15, 0.2) is 17.4 Å². The highest BCUT2D eigenvalue weighted by molar-refractivity contribution is 6.59. The molecule has 15 heavy (non-hydrogen) atoms. The lowest BCUT2D eigenvalue weighted by Gasteiger charge is -2.11. The summed E-state index contributed by atoms with van der Waals surface area (Å²) in [7, 11) is -1.90. The van der Waals surface area contributed by atoms with Gasteiger partial charge in [-0.1, -0.05) is 0 Å². The fourth-order valence-electron chi connectivity index (χ4n) is 1.26. The zero-order chi connectivity index (χ0) is 11.6. The summed E-state index contributed by atoms with van der Waals surface area (Å²) in [5, 5.41) is 17.7. The molecule has 1 aromatic rings. The topological polar surface area (TPSA) is 49.7 Å². The van der Waals surface area contributed by atoms with Gasteiger partial charge in [-0.15, -0.1) is 0 Å². The van der Waals surface area contributed by atoms with E-state index in [1.165, 1.54) is 6.92 Å². The summed E-state index contributed by atoms with van der Waals surface area (Å²) in [4.78, 5) is 0. The predicted octanol–water partition coefficient (Wildman–Crippen LogP) is 0.352. The van der Waals surface area contributed by atoms with Gasteiger partial charge in [-0.25, -0.2) is 8.78 Å². The van der Waals surface area contributed by atoms with Crippen molar-refractivity contribution in [1.29, 1.82) is 0 Å². The summed E-state index contributed by atoms with van der Waals surface area (Å²) in [5.41, 5.74) is -0.233. The van der Waals surface area contributed by atoms with Crippen molar-refractivity contribution in [1.82, 2.24) is 0 Å². The lowest BCUT2D eigenvalue weighted by Crippen LogP contribution is -2.33. The Hall–Kier alpha value is -1.14. The first-order chi connectivity index (χ1) is 6.99. The molecule has 0 aliphatic heterocycles. The first-order valence-electron chi connectivity index (χ1n) is 4.46. The van der Waals surface area contributed by atoms with Gasteiger partial charge in [0.05, 0.1) is 6.61 Å². The molecule has 6 heteroatoms. The second-order valence-electron chi connectivity index (χ2n) is 3.02. The van der Waals surface area contributed by atoms with E-state index in [0.29, 0.717) is 0 Å². The van der Waals surface area contributed by atoms with Gasteiger partial charge in [-0.05, 0) is 30.9 Å². The molecule has 3 nitrogen and oxygen atoms in total. The predicted molar refractivity (Wildman–Crippen MR) is 52.1 cm³/mol. The Labute approximate surface area is 86.5 Å². The monoisotopic (exact) mass is 216 g/mol. The molecule has 0 aliphatic rings. The van der Waals surface area contributed by atoms with E-state index in [0.717, 1.165) is 6.07 Å². The molecule has 0 atom stereocenters. The van der Waals surface area contributed by atoms with Gasteiger partial charge in [-0.2, -0.15) is 0 Å². The molecule has 1 aromatic carbocycles. The van der Waals surface area contributed by atoms with Gasteiger partial charge in [0, 0.05) is 0 Å². The van der Waals surface area contributed by atoms with Crippen LogP contribution >= 0.6 is 0 Å². The lowest BCUT2D eigenvalue weighted by molar-refractivity contribution is 0.302. The molecule has 82 valence electrons. The highest BCUT2D eigenvalue weighted by Gasteiger charge is 2.22. The minimum atomic E-state index is -1.90. The van der Waals surface area contributed by atoms with E-state index in [2.05, 4.69) is 0 Å². The van der Waals surface area contributed by atoms with Gasteiger partial charge in [0.25, 0.3) is 0 Å². The highest BCUT2D eigenvalue weighted by atomic mass is 19.1. The molecule has 0 aliphatic carbocycles. The van der Waals surface area contributed by atoms with E-state index < -0.39 is 24.5 Å². The number of hydrogen-bond acceptors (Lipinski definition) is 3. The minimum Gasteiger partial charge on any atom is -0.488 e. The maximum absolute atomic E-state index is 13.5. The third-order valence-electron chi connectivity index (χ3n) is 2.03. The molecule has 0 saturated carbocycles. The van der Waals surface area contributed by atoms with Crippen LogP contribution in [-0.2, 0) is 0 Å². The van der Waals surface area contributed by atoms with Gasteiger partial charge >= 0.3 is 7.12 Å². The van der Waals surface area contributed by atoms with E-state index in [9.17, 15) is 8.78 Å². The number of halogens is 2. The molecule has 0 radical (unpaired) electrons. The van der Waals surface area contributed by atoms with Crippen LogP contribution in [0.5, 0.6) is 5.75 Å². The fraction of sp³-hybridized carbons (Fsp3) is 0.333. The van der Waals surface area contributed by atoms with Crippen LogP contribution in [-0.4, -0.2) is 23.8 Å². The smallest absolute Gasteiger partial charge is 0.488 e. The number of rotatable bonds is 3. The van der Waals surface area contributed by atoms with Crippen LogP contribution in [0.15, 0.2) is 6.07 Å². The Bertz CT molecular complexity index is 369. The summed E-state index contributed by atoms with van der Waals surface area (Å²) in [5.74, 6) is -2.33. The second kappa shape index (κ2) is 4.59. The number of benzene rings is 1. The number of hydrogen-bond donors (Lipinski definition) is 2. The molecule has 0 amide bonds. The van der Waals surface area contributed by atoms with Crippen molar-refractivity contribution in [2.75, 3.05) is 6.61 Å². The van der Waals surface area contributed by atoms with E-state index in [1.54, 1.807) is 6.92 Å². The summed E-state index contributed by atoms with van der Waals surface area (Å²) in [6.07, 6.45) is 0. The summed E-state index contributed by atoms with van der Waals surface area (Å²) in [6, 6.07) is 0.855. The van der Waals surface area contributed by atoms with Gasteiger partial charge in [-0.3, -0.25) is 0 Å². The quantitative estimate of drug-likeness (QED) is 0.716. The van der Waals surface area contributed by atoms with Gasteiger partial charge in [0.1, 0.15) is 0 Å². The SMILES string of the molecule is CCOc1c(F)cc(B(O)O)c(C)c1F. The summed E-state index contributed by atoms with van der Waals surface area (Å²) in [6.45, 7) is 3.06. The molecule has 0 unspecified atom stereocenters. The van der Waals surface area contributed by atoms with Crippen molar-refractivity contribution in [3.63, 3.8) is 0 Å². The average Bonchev–Trinajstić information content (AvgIpc) is 2.18. The van der Waals surface area contributed by atoms with Crippen LogP contribution < -0.4 is 10.2 Å². The molecule has 0 saturated heterocycles. The average molecular weight is 216 g/mol. The van der Waals surface area contributed by atoms with Crippen molar-refractivity contribution >= 4 is 12.6 Å². The van der Waals surface area contributed by atoms with Crippen molar-refractivity contribution in [3.8, 4) is 5.75 Å². The zero-order valence-electron chi connectivity index (χ0n) is 8.42. The van der Waals surface area contributed by atoms with Crippen molar-refractivity contribution in [2.24, 2.45) is 0 Å². The molecular weight excluding hydrogens is 205 g/mol. The Morgan fingerprint density at radius 1 is 1.40 bits per heavy atom. The molecule has 0 bridgehead atoms. The van der Waals surface area contributed by atoms with Crippen LogP contribution in [0.4, 0.5) is 8.78 Å². The fourth-order valence-corrected chi connectivity index (χ4v) is 1.26. The normalized spacial score (nSPS) is 10.3. The molecule has 1 rings (SSSR count). The molecule has 0 spiro atoms. The van der Waals surface area contributed by atoms with Crippen LogP contribution in [0.25, 0.3) is 0 Å². The Balaban J connectivity index is 3.31. The Morgan fingerprint density at radius 3 is 2.47 bits per heavy atom. The Morgan fingerprint density at radius 2 is 2.00 bits per heavy atom. The second-order valence-corrected chi connectivity index (χ2v) is 3.02. The highest BCUT2D eigenvalue weighted by Crippen LogP contribution is 2.23. The maximum Gasteiger partial charge on any atom is 0.488 e. The van der Waals surface area contributed by atoms with Crippen molar-refractivity contribution in [3.05, 3.63) is 23.3 Å². The van der Waals surface area contributed by atoms with Crippen LogP contribution in [0.3, 0.4) is 0 Å². The number of ether oxygens (including phenoxy) is 1.